The molecule has 0 amide bonds. The van der Waals surface area contributed by atoms with E-state index in [0.717, 1.165) is 11.8 Å². The van der Waals surface area contributed by atoms with Gasteiger partial charge in [-0.05, 0) is 11.8 Å². The maximum Gasteiger partial charge on any atom is 1.00 e. The molecule has 0 bridgehead atoms. The number of hydrogen-bond donors (Lipinski definition) is 0. The molecule has 0 aliphatic heterocycles. The van der Waals surface area contributed by atoms with Gasteiger partial charge in [0.1, 0.15) is 0 Å². The molecule has 0 N–H and O–H groups in total. The third kappa shape index (κ3) is 5.38. The van der Waals surface area contributed by atoms with E-state index in [0.29, 0.717) is 0 Å². The zero-order valence-corrected chi connectivity index (χ0v) is 12.5. The summed E-state index contributed by atoms with van der Waals surface area (Å²) in [7, 11) is 0. The van der Waals surface area contributed by atoms with Crippen molar-refractivity contribution in [3.63, 3.8) is 0 Å². The fourth-order valence-corrected chi connectivity index (χ4v) is 2.22. The molecule has 1 aliphatic carbocycles. The van der Waals surface area contributed by atoms with E-state index in [1.165, 1.54) is 38.5 Å². The maximum absolute atomic E-state index is 2.43. The number of hydrogen-bond acceptors (Lipinski definition) is 0. The Morgan fingerprint density at radius 2 is 1.75 bits per heavy atom. The Morgan fingerprint density at radius 1 is 1.25 bits per heavy atom. The van der Waals surface area contributed by atoms with Crippen LogP contribution in [0.1, 0.15) is 52.4 Å². The van der Waals surface area contributed by atoms with Gasteiger partial charge in [0.05, 0.1) is 0 Å². The Labute approximate surface area is 121 Å². The minimum atomic E-state index is 0. The third-order valence-corrected chi connectivity index (χ3v) is 2.95. The predicted octanol–water partition coefficient (Wildman–Crippen LogP) is 1.07. The molecule has 0 radical (unpaired) electrons. The van der Waals surface area contributed by atoms with E-state index in [9.17, 15) is 0 Å². The molecular formula is C11H23K. The van der Waals surface area contributed by atoms with Crippen LogP contribution in [0.3, 0.4) is 0 Å². The second-order valence-electron chi connectivity index (χ2n) is 3.81. The van der Waals surface area contributed by atoms with Crippen molar-refractivity contribution in [2.75, 3.05) is 0 Å². The minimum absolute atomic E-state index is 0. The first-order valence-electron chi connectivity index (χ1n) is 4.84. The van der Waals surface area contributed by atoms with Gasteiger partial charge < -0.3 is 7.43 Å². The van der Waals surface area contributed by atoms with Crippen LogP contribution in [0.15, 0.2) is 0 Å². The molecule has 0 aromatic heterocycles. The summed E-state index contributed by atoms with van der Waals surface area (Å²) in [6, 6.07) is 0. The van der Waals surface area contributed by atoms with Gasteiger partial charge in [-0.3, -0.25) is 0 Å². The van der Waals surface area contributed by atoms with Crippen molar-refractivity contribution in [3.05, 3.63) is 7.43 Å². The van der Waals surface area contributed by atoms with Gasteiger partial charge in [-0.25, -0.2) is 0 Å². The molecule has 0 aromatic rings. The van der Waals surface area contributed by atoms with Crippen LogP contribution < -0.4 is 51.4 Å². The van der Waals surface area contributed by atoms with Crippen LogP contribution in [0.2, 0.25) is 0 Å². The molecule has 0 saturated heterocycles. The number of rotatable bonds is 3. The standard InChI is InChI=1S/C10H20.CH3.K/c1-3-6-9(2)10-7-4-5-8-10;;/h9-10H,3-8H2,1-2H3;1H3;/q;-1;+1. The van der Waals surface area contributed by atoms with Gasteiger partial charge >= 0.3 is 51.4 Å². The van der Waals surface area contributed by atoms with Crippen molar-refractivity contribution in [2.45, 2.75) is 52.4 Å². The van der Waals surface area contributed by atoms with Crippen molar-refractivity contribution in [3.8, 4) is 0 Å². The van der Waals surface area contributed by atoms with Gasteiger partial charge in [-0.1, -0.05) is 52.4 Å². The Balaban J connectivity index is 0. The van der Waals surface area contributed by atoms with Crippen LogP contribution in [0.5, 0.6) is 0 Å². The topological polar surface area (TPSA) is 0 Å². The summed E-state index contributed by atoms with van der Waals surface area (Å²) in [5, 5.41) is 0. The van der Waals surface area contributed by atoms with Crippen molar-refractivity contribution in [1.29, 1.82) is 0 Å². The van der Waals surface area contributed by atoms with E-state index in [4.69, 9.17) is 0 Å². The summed E-state index contributed by atoms with van der Waals surface area (Å²) in [6.07, 6.45) is 8.85. The molecular weight excluding hydrogens is 171 g/mol. The fourth-order valence-electron chi connectivity index (χ4n) is 2.22. The average Bonchev–Trinajstić information content (AvgIpc) is 2.38. The second kappa shape index (κ2) is 9.20. The summed E-state index contributed by atoms with van der Waals surface area (Å²) < 4.78 is 0. The second-order valence-corrected chi connectivity index (χ2v) is 3.81. The van der Waals surface area contributed by atoms with Crippen LogP contribution in [0.25, 0.3) is 0 Å². The first-order valence-corrected chi connectivity index (χ1v) is 4.84. The summed E-state index contributed by atoms with van der Waals surface area (Å²) in [5.41, 5.74) is 0. The van der Waals surface area contributed by atoms with Gasteiger partial charge in [-0.15, -0.1) is 0 Å². The third-order valence-electron chi connectivity index (χ3n) is 2.95. The normalized spacial score (nSPS) is 19.5. The Kier molecular flexibility index (Phi) is 12.3. The Morgan fingerprint density at radius 3 is 2.17 bits per heavy atom. The van der Waals surface area contributed by atoms with Gasteiger partial charge in [0, 0.05) is 0 Å². The summed E-state index contributed by atoms with van der Waals surface area (Å²) >= 11 is 0. The Bertz CT molecular complexity index is 85.0. The van der Waals surface area contributed by atoms with E-state index in [2.05, 4.69) is 13.8 Å². The van der Waals surface area contributed by atoms with E-state index in [1.54, 1.807) is 0 Å². The molecule has 1 rings (SSSR count). The largest absolute Gasteiger partial charge is 1.00 e. The van der Waals surface area contributed by atoms with Crippen LogP contribution in [-0.4, -0.2) is 0 Å². The van der Waals surface area contributed by atoms with Crippen LogP contribution in [-0.2, 0) is 0 Å². The maximum atomic E-state index is 2.43. The zero-order valence-electron chi connectivity index (χ0n) is 9.40. The molecule has 1 atom stereocenters. The molecule has 0 spiro atoms. The average molecular weight is 194 g/mol. The molecule has 1 saturated carbocycles. The van der Waals surface area contributed by atoms with Crippen LogP contribution >= 0.6 is 0 Å². The summed E-state index contributed by atoms with van der Waals surface area (Å²) in [6.45, 7) is 4.73. The van der Waals surface area contributed by atoms with E-state index in [1.807, 2.05) is 0 Å². The molecule has 0 nitrogen and oxygen atoms in total. The smallest absolute Gasteiger partial charge is 0.358 e. The van der Waals surface area contributed by atoms with Crippen molar-refractivity contribution >= 4 is 0 Å². The van der Waals surface area contributed by atoms with Crippen molar-refractivity contribution in [2.24, 2.45) is 11.8 Å². The predicted molar refractivity (Wildman–Crippen MR) is 52.4 cm³/mol. The molecule has 68 valence electrons. The van der Waals surface area contributed by atoms with E-state index >= 15 is 0 Å². The van der Waals surface area contributed by atoms with E-state index < -0.39 is 0 Å². The summed E-state index contributed by atoms with van der Waals surface area (Å²) in [4.78, 5) is 0. The first-order chi connectivity index (χ1) is 4.84. The summed E-state index contributed by atoms with van der Waals surface area (Å²) in [5.74, 6) is 2.09. The van der Waals surface area contributed by atoms with Crippen molar-refractivity contribution < 1.29 is 51.4 Å². The Hall–Kier alpha value is 1.64. The van der Waals surface area contributed by atoms with Gasteiger partial charge in [0.25, 0.3) is 0 Å². The molecule has 0 aromatic carbocycles. The molecule has 0 heterocycles. The zero-order chi connectivity index (χ0) is 7.40. The first kappa shape index (κ1) is 16.1. The molecule has 1 heteroatoms. The monoisotopic (exact) mass is 194 g/mol. The fraction of sp³-hybridized carbons (Fsp3) is 0.909. The molecule has 1 aliphatic rings. The quantitative estimate of drug-likeness (QED) is 0.466. The van der Waals surface area contributed by atoms with E-state index in [-0.39, 0.29) is 58.8 Å². The SMILES string of the molecule is CCCC(C)C1CCCC1.[CH3-].[K+]. The van der Waals surface area contributed by atoms with Crippen molar-refractivity contribution in [1.82, 2.24) is 0 Å². The van der Waals surface area contributed by atoms with Gasteiger partial charge in [0.2, 0.25) is 0 Å². The molecule has 1 unspecified atom stereocenters. The molecule has 1 fully saturated rings. The van der Waals surface area contributed by atoms with Crippen LogP contribution in [0.4, 0.5) is 0 Å². The van der Waals surface area contributed by atoms with Crippen LogP contribution in [0, 0.1) is 19.3 Å². The van der Waals surface area contributed by atoms with Gasteiger partial charge in [-0.2, -0.15) is 0 Å². The molecule has 12 heavy (non-hydrogen) atoms. The van der Waals surface area contributed by atoms with Gasteiger partial charge in [0.15, 0.2) is 0 Å². The minimum Gasteiger partial charge on any atom is -0.358 e.